The summed E-state index contributed by atoms with van der Waals surface area (Å²) < 4.78 is 1.52. The average Bonchev–Trinajstić information content (AvgIpc) is 2.67. The maximum Gasteiger partial charge on any atom is 0.291 e. The Morgan fingerprint density at radius 1 is 1.64 bits per heavy atom. The Hall–Kier alpha value is -0.770. The monoisotopic (exact) mass is 168 g/mol. The van der Waals surface area contributed by atoms with Crippen molar-refractivity contribution in [2.75, 3.05) is 0 Å². The molecule has 0 atom stereocenters. The molecule has 0 unspecified atom stereocenters. The van der Waals surface area contributed by atoms with Gasteiger partial charge in [-0.2, -0.15) is 0 Å². The number of aromatic nitrogens is 2. The first-order valence-electron chi connectivity index (χ1n) is 3.55. The van der Waals surface area contributed by atoms with E-state index in [-0.39, 0.29) is 5.24 Å². The number of carbonyl (C=O) groups excluding carboxylic acids is 1. The quantitative estimate of drug-likeness (QED) is 0.640. The molecule has 0 N–H and O–H groups in total. The molecule has 1 aliphatic carbocycles. The Morgan fingerprint density at radius 3 is 3.00 bits per heavy atom. The third-order valence-electron chi connectivity index (χ3n) is 1.51. The van der Waals surface area contributed by atoms with E-state index in [1.807, 2.05) is 0 Å². The SMILES string of the molecule is O=C(SC1CC1)n1ccnc1. The first kappa shape index (κ1) is 6.91. The molecule has 3 nitrogen and oxygen atoms in total. The fraction of sp³-hybridized carbons (Fsp3) is 0.429. The van der Waals surface area contributed by atoms with Gasteiger partial charge in [0.05, 0.1) is 0 Å². The van der Waals surface area contributed by atoms with E-state index in [1.165, 1.54) is 35.5 Å². The number of imidazole rings is 1. The van der Waals surface area contributed by atoms with E-state index in [4.69, 9.17) is 0 Å². The van der Waals surface area contributed by atoms with Crippen molar-refractivity contribution in [2.45, 2.75) is 18.1 Å². The molecule has 1 aromatic rings. The Kier molecular flexibility index (Phi) is 1.69. The van der Waals surface area contributed by atoms with Gasteiger partial charge in [0.1, 0.15) is 6.33 Å². The van der Waals surface area contributed by atoms with Crippen LogP contribution >= 0.6 is 11.8 Å². The van der Waals surface area contributed by atoms with Gasteiger partial charge < -0.3 is 0 Å². The molecule has 0 aromatic carbocycles. The number of rotatable bonds is 1. The average molecular weight is 168 g/mol. The van der Waals surface area contributed by atoms with Crippen molar-refractivity contribution in [1.82, 2.24) is 9.55 Å². The highest BCUT2D eigenvalue weighted by Crippen LogP contribution is 2.34. The summed E-state index contributed by atoms with van der Waals surface area (Å²) in [4.78, 5) is 15.0. The third-order valence-corrected chi connectivity index (χ3v) is 2.72. The summed E-state index contributed by atoms with van der Waals surface area (Å²) in [5, 5.41) is 0.662. The second-order valence-electron chi connectivity index (χ2n) is 2.55. The van der Waals surface area contributed by atoms with Crippen molar-refractivity contribution in [2.24, 2.45) is 0 Å². The third kappa shape index (κ3) is 1.63. The van der Waals surface area contributed by atoms with Crippen LogP contribution in [0, 0.1) is 0 Å². The van der Waals surface area contributed by atoms with Gasteiger partial charge in [-0.3, -0.25) is 9.36 Å². The molecule has 0 aliphatic heterocycles. The van der Waals surface area contributed by atoms with Gasteiger partial charge in [-0.05, 0) is 12.8 Å². The van der Waals surface area contributed by atoms with Crippen molar-refractivity contribution >= 4 is 17.0 Å². The van der Waals surface area contributed by atoms with Gasteiger partial charge >= 0.3 is 0 Å². The second kappa shape index (κ2) is 2.70. The Morgan fingerprint density at radius 2 is 2.45 bits per heavy atom. The minimum Gasteiger partial charge on any atom is -0.267 e. The highest BCUT2D eigenvalue weighted by atomic mass is 32.2. The van der Waals surface area contributed by atoms with Crippen LogP contribution < -0.4 is 0 Å². The first-order valence-corrected chi connectivity index (χ1v) is 4.43. The molecule has 1 heterocycles. The van der Waals surface area contributed by atoms with Crippen molar-refractivity contribution in [3.63, 3.8) is 0 Å². The molecule has 0 saturated heterocycles. The van der Waals surface area contributed by atoms with E-state index in [0.717, 1.165) is 0 Å². The van der Waals surface area contributed by atoms with Gasteiger partial charge in [0, 0.05) is 17.6 Å². The number of nitrogens with zero attached hydrogens (tertiary/aromatic N) is 2. The Bertz CT molecular complexity index is 253. The van der Waals surface area contributed by atoms with Crippen LogP contribution in [0.15, 0.2) is 18.7 Å². The number of carbonyl (C=O) groups is 1. The fourth-order valence-corrected chi connectivity index (χ4v) is 1.64. The molecule has 0 amide bonds. The molecular formula is C7H8N2OS. The molecular weight excluding hydrogens is 160 g/mol. The van der Waals surface area contributed by atoms with E-state index in [0.29, 0.717) is 5.25 Å². The summed E-state index contributed by atoms with van der Waals surface area (Å²) in [6.45, 7) is 0. The van der Waals surface area contributed by atoms with Crippen LogP contribution in [0.25, 0.3) is 0 Å². The largest absolute Gasteiger partial charge is 0.291 e. The van der Waals surface area contributed by atoms with Crippen molar-refractivity contribution in [3.05, 3.63) is 18.7 Å². The van der Waals surface area contributed by atoms with Gasteiger partial charge in [0.2, 0.25) is 0 Å². The minimum absolute atomic E-state index is 0.0880. The smallest absolute Gasteiger partial charge is 0.267 e. The van der Waals surface area contributed by atoms with Gasteiger partial charge in [-0.1, -0.05) is 11.8 Å². The molecule has 0 bridgehead atoms. The first-order chi connectivity index (χ1) is 5.36. The highest BCUT2D eigenvalue weighted by molar-refractivity contribution is 8.14. The summed E-state index contributed by atoms with van der Waals surface area (Å²) in [5.74, 6) is 0. The van der Waals surface area contributed by atoms with E-state index >= 15 is 0 Å². The summed E-state index contributed by atoms with van der Waals surface area (Å²) in [6, 6.07) is 0. The van der Waals surface area contributed by atoms with Gasteiger partial charge in [-0.15, -0.1) is 0 Å². The predicted octanol–water partition coefficient (Wildman–Crippen LogP) is 1.75. The van der Waals surface area contributed by atoms with Crippen molar-refractivity contribution in [3.8, 4) is 0 Å². The van der Waals surface area contributed by atoms with Crippen LogP contribution in [-0.2, 0) is 0 Å². The zero-order valence-corrected chi connectivity index (χ0v) is 6.75. The molecule has 11 heavy (non-hydrogen) atoms. The van der Waals surface area contributed by atoms with Crippen LogP contribution in [0.3, 0.4) is 0 Å². The topological polar surface area (TPSA) is 34.9 Å². The molecule has 4 heteroatoms. The molecule has 0 spiro atoms. The summed E-state index contributed by atoms with van der Waals surface area (Å²) in [5.41, 5.74) is 0. The van der Waals surface area contributed by atoms with Crippen LogP contribution in [0.5, 0.6) is 0 Å². The van der Waals surface area contributed by atoms with Crippen LogP contribution in [0.1, 0.15) is 12.8 Å². The minimum atomic E-state index is 0.0880. The van der Waals surface area contributed by atoms with Gasteiger partial charge in [0.25, 0.3) is 5.24 Å². The van der Waals surface area contributed by atoms with E-state index in [2.05, 4.69) is 4.98 Å². The Balaban J connectivity index is 1.99. The number of thioether (sulfide) groups is 1. The van der Waals surface area contributed by atoms with Crippen molar-refractivity contribution < 1.29 is 4.79 Å². The molecule has 1 fully saturated rings. The zero-order valence-electron chi connectivity index (χ0n) is 5.93. The summed E-state index contributed by atoms with van der Waals surface area (Å²) >= 11 is 1.41. The van der Waals surface area contributed by atoms with Crippen LogP contribution in [-0.4, -0.2) is 20.0 Å². The summed E-state index contributed by atoms with van der Waals surface area (Å²) in [7, 11) is 0. The number of hydrogen-bond acceptors (Lipinski definition) is 3. The zero-order chi connectivity index (χ0) is 7.68. The molecule has 1 saturated carbocycles. The number of hydrogen-bond donors (Lipinski definition) is 0. The summed E-state index contributed by atoms with van der Waals surface area (Å²) in [6.07, 6.45) is 7.21. The Labute approximate surface area is 68.8 Å². The highest BCUT2D eigenvalue weighted by Gasteiger charge is 2.25. The van der Waals surface area contributed by atoms with E-state index in [1.54, 1.807) is 12.4 Å². The normalized spacial score (nSPS) is 16.7. The van der Waals surface area contributed by atoms with E-state index in [9.17, 15) is 4.79 Å². The van der Waals surface area contributed by atoms with Crippen LogP contribution in [0.2, 0.25) is 0 Å². The van der Waals surface area contributed by atoms with Gasteiger partial charge in [-0.25, -0.2) is 4.98 Å². The maximum atomic E-state index is 11.2. The lowest BCUT2D eigenvalue weighted by Crippen LogP contribution is -2.02. The molecule has 1 aliphatic rings. The van der Waals surface area contributed by atoms with E-state index < -0.39 is 0 Å². The van der Waals surface area contributed by atoms with Gasteiger partial charge in [0.15, 0.2) is 0 Å². The predicted molar refractivity (Wildman–Crippen MR) is 43.6 cm³/mol. The lowest BCUT2D eigenvalue weighted by Gasteiger charge is -1.96. The standard InChI is InChI=1S/C7H8N2OS/c10-7(11-6-1-2-6)9-4-3-8-5-9/h3-6H,1-2H2. The maximum absolute atomic E-state index is 11.2. The molecule has 1 aromatic heterocycles. The molecule has 58 valence electrons. The second-order valence-corrected chi connectivity index (χ2v) is 3.80. The lowest BCUT2D eigenvalue weighted by atomic mass is 10.9. The lowest BCUT2D eigenvalue weighted by molar-refractivity contribution is 0.262. The van der Waals surface area contributed by atoms with Crippen LogP contribution in [0.4, 0.5) is 4.79 Å². The molecule has 0 radical (unpaired) electrons. The molecule has 2 rings (SSSR count). The van der Waals surface area contributed by atoms with Crippen molar-refractivity contribution in [1.29, 1.82) is 0 Å². The fourth-order valence-electron chi connectivity index (χ4n) is 0.756.